The third-order valence-electron chi connectivity index (χ3n) is 3.59. The second-order valence-electron chi connectivity index (χ2n) is 5.16. The normalized spacial score (nSPS) is 14.3. The van der Waals surface area contributed by atoms with E-state index in [-0.39, 0.29) is 11.8 Å². The molecule has 2 N–H and O–H groups in total. The number of hydrogen-bond acceptors (Lipinski definition) is 4. The zero-order valence-corrected chi connectivity index (χ0v) is 11.2. The summed E-state index contributed by atoms with van der Waals surface area (Å²) in [6.07, 6.45) is 5.40. The Hall–Kier alpha value is -2.76. The topological polar surface area (TPSA) is 83.6 Å². The maximum absolute atomic E-state index is 11.8. The van der Waals surface area contributed by atoms with Crippen LogP contribution in [-0.4, -0.2) is 26.1 Å². The fraction of sp³-hybridized carbons (Fsp3) is 0.200. The first-order chi connectivity index (χ1) is 10.3. The van der Waals surface area contributed by atoms with Crippen molar-refractivity contribution in [3.63, 3.8) is 0 Å². The molecule has 3 aromatic rings. The second kappa shape index (κ2) is 4.66. The molecule has 0 aliphatic heterocycles. The van der Waals surface area contributed by atoms with Gasteiger partial charge in [-0.1, -0.05) is 0 Å². The van der Waals surface area contributed by atoms with Crippen LogP contribution in [0.3, 0.4) is 0 Å². The van der Waals surface area contributed by atoms with Gasteiger partial charge in [-0.3, -0.25) is 14.9 Å². The zero-order valence-electron chi connectivity index (χ0n) is 11.2. The van der Waals surface area contributed by atoms with E-state index in [1.807, 2.05) is 24.3 Å². The Morgan fingerprint density at radius 2 is 2.00 bits per heavy atom. The van der Waals surface area contributed by atoms with Crippen molar-refractivity contribution in [2.75, 3.05) is 5.32 Å². The Balaban J connectivity index is 1.68. The number of amides is 1. The Kier molecular flexibility index (Phi) is 2.67. The lowest BCUT2D eigenvalue weighted by Gasteiger charge is -2.02. The Morgan fingerprint density at radius 3 is 2.76 bits per heavy atom. The summed E-state index contributed by atoms with van der Waals surface area (Å²) in [5.41, 5.74) is 2.49. The number of hydrogen-bond donors (Lipinski definition) is 2. The first-order valence-electron chi connectivity index (χ1n) is 6.87. The van der Waals surface area contributed by atoms with Gasteiger partial charge in [-0.25, -0.2) is 4.98 Å². The van der Waals surface area contributed by atoms with E-state index in [0.29, 0.717) is 11.5 Å². The lowest BCUT2D eigenvalue weighted by atomic mass is 10.1. The molecular weight excluding hydrogens is 266 g/mol. The van der Waals surface area contributed by atoms with Crippen molar-refractivity contribution >= 4 is 22.8 Å². The summed E-state index contributed by atoms with van der Waals surface area (Å²) in [6.45, 7) is 0. The van der Waals surface area contributed by atoms with Crippen molar-refractivity contribution in [3.05, 3.63) is 36.7 Å². The lowest BCUT2D eigenvalue weighted by molar-refractivity contribution is -0.117. The second-order valence-corrected chi connectivity index (χ2v) is 5.16. The number of carbonyl (C=O) groups excluding carboxylic acids is 1. The van der Waals surface area contributed by atoms with Crippen LogP contribution in [0.25, 0.3) is 22.3 Å². The van der Waals surface area contributed by atoms with Crippen molar-refractivity contribution in [1.29, 1.82) is 0 Å². The summed E-state index contributed by atoms with van der Waals surface area (Å²) in [5, 5.41) is 10.7. The first kappa shape index (κ1) is 12.0. The minimum Gasteiger partial charge on any atom is -0.308 e. The molecule has 0 spiro atoms. The molecule has 1 fully saturated rings. The zero-order chi connectivity index (χ0) is 14.2. The number of aromatic amines is 1. The van der Waals surface area contributed by atoms with Crippen molar-refractivity contribution in [2.45, 2.75) is 12.8 Å². The molecule has 4 rings (SSSR count). The summed E-state index contributed by atoms with van der Waals surface area (Å²) in [5.74, 6) is 0.748. The molecule has 21 heavy (non-hydrogen) atoms. The molecule has 1 amide bonds. The van der Waals surface area contributed by atoms with E-state index in [9.17, 15) is 4.79 Å². The van der Waals surface area contributed by atoms with Gasteiger partial charge in [0.05, 0.1) is 11.1 Å². The molecule has 0 atom stereocenters. The average Bonchev–Trinajstić information content (AvgIpc) is 3.31. The molecule has 6 heteroatoms. The molecule has 0 aromatic carbocycles. The highest BCUT2D eigenvalue weighted by Crippen LogP contribution is 2.31. The average molecular weight is 279 g/mol. The van der Waals surface area contributed by atoms with Gasteiger partial charge in [-0.05, 0) is 37.1 Å². The molecule has 104 valence electrons. The summed E-state index contributed by atoms with van der Waals surface area (Å²) in [4.78, 5) is 20.3. The van der Waals surface area contributed by atoms with E-state index in [4.69, 9.17) is 0 Å². The first-order valence-corrected chi connectivity index (χ1v) is 6.87. The van der Waals surface area contributed by atoms with Crippen LogP contribution in [0.2, 0.25) is 0 Å². The van der Waals surface area contributed by atoms with Gasteiger partial charge in [0, 0.05) is 23.9 Å². The Bertz CT molecular complexity index is 807. The summed E-state index contributed by atoms with van der Waals surface area (Å²) in [6, 6.07) is 7.64. The van der Waals surface area contributed by atoms with E-state index in [1.54, 1.807) is 12.4 Å². The van der Waals surface area contributed by atoms with Crippen LogP contribution < -0.4 is 5.32 Å². The molecule has 3 heterocycles. The van der Waals surface area contributed by atoms with E-state index >= 15 is 0 Å². The van der Waals surface area contributed by atoms with Crippen LogP contribution in [-0.2, 0) is 4.79 Å². The number of pyridine rings is 2. The highest BCUT2D eigenvalue weighted by Gasteiger charge is 2.30. The van der Waals surface area contributed by atoms with Crippen LogP contribution in [0.4, 0.5) is 5.82 Å². The van der Waals surface area contributed by atoms with E-state index < -0.39 is 0 Å². The third-order valence-corrected chi connectivity index (χ3v) is 3.59. The number of nitrogens with zero attached hydrogens (tertiary/aromatic N) is 3. The number of anilines is 1. The summed E-state index contributed by atoms with van der Waals surface area (Å²) < 4.78 is 0. The fourth-order valence-electron chi connectivity index (χ4n) is 2.25. The van der Waals surface area contributed by atoms with Crippen LogP contribution in [0.5, 0.6) is 0 Å². The van der Waals surface area contributed by atoms with Gasteiger partial charge in [-0.2, -0.15) is 5.10 Å². The molecule has 1 aliphatic carbocycles. The van der Waals surface area contributed by atoms with Crippen molar-refractivity contribution in [2.24, 2.45) is 5.92 Å². The van der Waals surface area contributed by atoms with E-state index in [2.05, 4.69) is 25.5 Å². The van der Waals surface area contributed by atoms with Gasteiger partial charge in [0.15, 0.2) is 11.5 Å². The fourth-order valence-corrected chi connectivity index (χ4v) is 2.25. The predicted molar refractivity (Wildman–Crippen MR) is 78.5 cm³/mol. The number of rotatable bonds is 3. The number of nitrogens with one attached hydrogen (secondary N) is 2. The standard InChI is InChI=1S/C15H13N5O/c21-15(10-1-2-10)18-14-11-3-4-12(17-13(11)19-20-14)9-5-7-16-8-6-9/h3-8,10H,1-2H2,(H2,17,18,19,20,21). The molecule has 1 aliphatic rings. The lowest BCUT2D eigenvalue weighted by Crippen LogP contribution is -2.13. The smallest absolute Gasteiger partial charge is 0.228 e. The Labute approximate surface area is 120 Å². The van der Waals surface area contributed by atoms with Crippen molar-refractivity contribution in [1.82, 2.24) is 20.2 Å². The SMILES string of the molecule is O=C(Nc1n[nH]c2nc(-c3ccncc3)ccc12)C1CC1. The van der Waals surface area contributed by atoms with Crippen molar-refractivity contribution in [3.8, 4) is 11.3 Å². The molecular formula is C15H13N5O. The monoisotopic (exact) mass is 279 g/mol. The highest BCUT2D eigenvalue weighted by molar-refractivity contribution is 6.00. The van der Waals surface area contributed by atoms with Crippen LogP contribution >= 0.6 is 0 Å². The molecule has 6 nitrogen and oxygen atoms in total. The van der Waals surface area contributed by atoms with Crippen LogP contribution in [0.1, 0.15) is 12.8 Å². The number of carbonyl (C=O) groups is 1. The van der Waals surface area contributed by atoms with Gasteiger partial charge in [0.25, 0.3) is 0 Å². The number of fused-ring (bicyclic) bond motifs is 1. The minimum absolute atomic E-state index is 0.0432. The third kappa shape index (κ3) is 2.24. The summed E-state index contributed by atoms with van der Waals surface area (Å²) in [7, 11) is 0. The van der Waals surface area contributed by atoms with E-state index in [1.165, 1.54) is 0 Å². The maximum Gasteiger partial charge on any atom is 0.228 e. The van der Waals surface area contributed by atoms with Crippen LogP contribution in [0, 0.1) is 5.92 Å². The van der Waals surface area contributed by atoms with Gasteiger partial charge in [0.2, 0.25) is 5.91 Å². The molecule has 0 bridgehead atoms. The molecule has 3 aromatic heterocycles. The summed E-state index contributed by atoms with van der Waals surface area (Å²) >= 11 is 0. The van der Waals surface area contributed by atoms with Crippen LogP contribution in [0.15, 0.2) is 36.7 Å². The van der Waals surface area contributed by atoms with Crippen molar-refractivity contribution < 1.29 is 4.79 Å². The number of H-pyrrole nitrogens is 1. The largest absolute Gasteiger partial charge is 0.308 e. The quantitative estimate of drug-likeness (QED) is 0.771. The van der Waals surface area contributed by atoms with Gasteiger partial charge < -0.3 is 5.32 Å². The van der Waals surface area contributed by atoms with E-state index in [0.717, 1.165) is 29.5 Å². The van der Waals surface area contributed by atoms with Gasteiger partial charge >= 0.3 is 0 Å². The Morgan fingerprint density at radius 1 is 1.19 bits per heavy atom. The highest BCUT2D eigenvalue weighted by atomic mass is 16.2. The minimum atomic E-state index is 0.0432. The molecule has 1 saturated carbocycles. The number of aromatic nitrogens is 4. The molecule has 0 saturated heterocycles. The molecule has 0 radical (unpaired) electrons. The van der Waals surface area contributed by atoms with Gasteiger partial charge in [-0.15, -0.1) is 0 Å². The predicted octanol–water partition coefficient (Wildman–Crippen LogP) is 2.37. The maximum atomic E-state index is 11.8. The van der Waals surface area contributed by atoms with Gasteiger partial charge in [0.1, 0.15) is 0 Å². The molecule has 0 unspecified atom stereocenters.